The molecule has 0 unspecified atom stereocenters. The lowest BCUT2D eigenvalue weighted by Gasteiger charge is -2.13. The molecule has 0 aliphatic heterocycles. The van der Waals surface area contributed by atoms with Gasteiger partial charge in [-0.15, -0.1) is 0 Å². The van der Waals surface area contributed by atoms with E-state index in [1.54, 1.807) is 13.2 Å². The third-order valence-electron chi connectivity index (χ3n) is 2.92. The van der Waals surface area contributed by atoms with Crippen LogP contribution in [-0.2, 0) is 6.54 Å². The number of aliphatic hydroxyl groups is 1. The SMILES string of the molecule is C=CCOc1c(Br)cc(C[NH2+]CC[NH2+]CCO)cc1OC. The topological polar surface area (TPSA) is 71.9 Å². The molecule has 5 N–H and O–H groups in total. The van der Waals surface area contributed by atoms with Crippen molar-refractivity contribution in [1.29, 1.82) is 0 Å². The fourth-order valence-electron chi connectivity index (χ4n) is 1.91. The Bertz CT molecular complexity index is 441. The number of quaternary nitrogens is 2. The van der Waals surface area contributed by atoms with Crippen molar-refractivity contribution in [2.45, 2.75) is 6.54 Å². The Morgan fingerprint density at radius 1 is 1.29 bits per heavy atom. The van der Waals surface area contributed by atoms with Gasteiger partial charge >= 0.3 is 0 Å². The van der Waals surface area contributed by atoms with Gasteiger partial charge in [-0.2, -0.15) is 0 Å². The van der Waals surface area contributed by atoms with E-state index in [1.165, 1.54) is 5.56 Å². The lowest BCUT2D eigenvalue weighted by atomic mass is 10.2. The van der Waals surface area contributed by atoms with Gasteiger partial charge in [0, 0.05) is 5.56 Å². The third-order valence-corrected chi connectivity index (χ3v) is 3.51. The predicted octanol–water partition coefficient (Wildman–Crippen LogP) is -0.358. The van der Waals surface area contributed by atoms with E-state index in [0.29, 0.717) is 12.4 Å². The molecule has 1 aromatic carbocycles. The van der Waals surface area contributed by atoms with E-state index in [4.69, 9.17) is 14.6 Å². The van der Waals surface area contributed by atoms with Crippen LogP contribution in [0.15, 0.2) is 29.3 Å². The van der Waals surface area contributed by atoms with E-state index in [-0.39, 0.29) is 6.61 Å². The summed E-state index contributed by atoms with van der Waals surface area (Å²) >= 11 is 3.53. The van der Waals surface area contributed by atoms with Crippen LogP contribution < -0.4 is 20.1 Å². The minimum atomic E-state index is 0.232. The molecule has 0 aliphatic rings. The average Bonchev–Trinajstić information content (AvgIpc) is 2.49. The number of hydrogen-bond donors (Lipinski definition) is 3. The predicted molar refractivity (Wildman–Crippen MR) is 85.6 cm³/mol. The minimum absolute atomic E-state index is 0.232. The molecule has 0 spiro atoms. The zero-order valence-electron chi connectivity index (χ0n) is 12.5. The van der Waals surface area contributed by atoms with Crippen molar-refractivity contribution in [1.82, 2.24) is 0 Å². The van der Waals surface area contributed by atoms with E-state index < -0.39 is 0 Å². The molecule has 0 aliphatic carbocycles. The Hall–Kier alpha value is -1.08. The minimum Gasteiger partial charge on any atom is -0.493 e. The summed E-state index contributed by atoms with van der Waals surface area (Å²) < 4.78 is 11.9. The first-order chi connectivity index (χ1) is 10.2. The molecule has 0 saturated heterocycles. The Balaban J connectivity index is 2.55. The summed E-state index contributed by atoms with van der Waals surface area (Å²) in [5.74, 6) is 1.43. The highest BCUT2D eigenvalue weighted by Crippen LogP contribution is 2.36. The molecule has 0 fully saturated rings. The standard InChI is InChI=1S/C15H23BrN2O3/c1-3-8-21-15-13(16)9-12(10-14(15)20-2)11-18-5-4-17-6-7-19/h3,9-10,17-19H,1,4-8,11H2,2H3/p+2. The second kappa shape index (κ2) is 10.6. The summed E-state index contributed by atoms with van der Waals surface area (Å²) in [6, 6.07) is 4.05. The maximum atomic E-state index is 8.70. The molecule has 0 radical (unpaired) electrons. The van der Waals surface area contributed by atoms with Gasteiger partial charge in [-0.25, -0.2) is 0 Å². The fourth-order valence-corrected chi connectivity index (χ4v) is 2.52. The molecule has 0 atom stereocenters. The van der Waals surface area contributed by atoms with E-state index in [2.05, 4.69) is 39.2 Å². The number of benzene rings is 1. The molecule has 118 valence electrons. The number of rotatable bonds is 11. The Morgan fingerprint density at radius 2 is 2.05 bits per heavy atom. The molecule has 6 heteroatoms. The van der Waals surface area contributed by atoms with Crippen molar-refractivity contribution in [3.63, 3.8) is 0 Å². The summed E-state index contributed by atoms with van der Waals surface area (Å²) in [4.78, 5) is 0. The van der Waals surface area contributed by atoms with Gasteiger partial charge in [0.25, 0.3) is 0 Å². The maximum Gasteiger partial charge on any atom is 0.175 e. The zero-order chi connectivity index (χ0) is 15.5. The van der Waals surface area contributed by atoms with Gasteiger partial charge in [0.2, 0.25) is 0 Å². The lowest BCUT2D eigenvalue weighted by Crippen LogP contribution is -2.94. The Kier molecular flexibility index (Phi) is 9.09. The second-order valence-corrected chi connectivity index (χ2v) is 5.43. The van der Waals surface area contributed by atoms with Crippen LogP contribution in [0, 0.1) is 0 Å². The molecule has 0 amide bonds. The molecule has 5 nitrogen and oxygen atoms in total. The van der Waals surface area contributed by atoms with Crippen LogP contribution in [0.4, 0.5) is 0 Å². The van der Waals surface area contributed by atoms with Crippen LogP contribution in [0.25, 0.3) is 0 Å². The Morgan fingerprint density at radius 3 is 2.71 bits per heavy atom. The highest BCUT2D eigenvalue weighted by molar-refractivity contribution is 9.10. The molecule has 0 heterocycles. The van der Waals surface area contributed by atoms with Crippen molar-refractivity contribution in [3.05, 3.63) is 34.8 Å². The van der Waals surface area contributed by atoms with E-state index in [0.717, 1.165) is 36.4 Å². The van der Waals surface area contributed by atoms with Gasteiger partial charge in [-0.3, -0.25) is 0 Å². The van der Waals surface area contributed by atoms with Gasteiger partial charge in [-0.05, 0) is 28.1 Å². The maximum absolute atomic E-state index is 8.70. The van der Waals surface area contributed by atoms with Crippen molar-refractivity contribution >= 4 is 15.9 Å². The molecular weight excluding hydrogens is 336 g/mol. The Labute approximate surface area is 134 Å². The fraction of sp³-hybridized carbons (Fsp3) is 0.467. The van der Waals surface area contributed by atoms with Crippen LogP contribution in [-0.4, -0.2) is 45.1 Å². The van der Waals surface area contributed by atoms with Gasteiger partial charge in [0.05, 0.1) is 24.7 Å². The molecule has 1 rings (SSSR count). The molecular formula is C15H25BrN2O3+2. The molecule has 0 aromatic heterocycles. The molecule has 0 bridgehead atoms. The number of aliphatic hydroxyl groups excluding tert-OH is 1. The number of nitrogens with two attached hydrogens (primary N) is 2. The summed E-state index contributed by atoms with van der Waals surface area (Å²) in [6.07, 6.45) is 1.70. The first kappa shape index (κ1) is 18.0. The van der Waals surface area contributed by atoms with Crippen molar-refractivity contribution in [2.24, 2.45) is 0 Å². The third kappa shape index (κ3) is 6.48. The highest BCUT2D eigenvalue weighted by atomic mass is 79.9. The average molecular weight is 361 g/mol. The van der Waals surface area contributed by atoms with Crippen LogP contribution in [0.1, 0.15) is 5.56 Å². The first-order valence-corrected chi connectivity index (χ1v) is 7.86. The highest BCUT2D eigenvalue weighted by Gasteiger charge is 2.12. The van der Waals surface area contributed by atoms with Crippen molar-refractivity contribution in [3.8, 4) is 11.5 Å². The van der Waals surface area contributed by atoms with Gasteiger partial charge in [0.1, 0.15) is 26.2 Å². The van der Waals surface area contributed by atoms with E-state index in [9.17, 15) is 0 Å². The normalized spacial score (nSPS) is 10.4. The van der Waals surface area contributed by atoms with Gasteiger partial charge in [0.15, 0.2) is 11.5 Å². The van der Waals surface area contributed by atoms with E-state index >= 15 is 0 Å². The van der Waals surface area contributed by atoms with Gasteiger partial charge in [-0.1, -0.05) is 12.7 Å². The summed E-state index contributed by atoms with van der Waals surface area (Å²) in [5, 5.41) is 13.0. The quantitative estimate of drug-likeness (QED) is 0.373. The second-order valence-electron chi connectivity index (χ2n) is 4.58. The number of halogens is 1. The molecule has 1 aromatic rings. The van der Waals surface area contributed by atoms with Crippen LogP contribution in [0.2, 0.25) is 0 Å². The zero-order valence-corrected chi connectivity index (χ0v) is 14.1. The van der Waals surface area contributed by atoms with Crippen molar-refractivity contribution < 1.29 is 25.2 Å². The summed E-state index contributed by atoms with van der Waals surface area (Å²) in [5.41, 5.74) is 1.17. The van der Waals surface area contributed by atoms with Crippen LogP contribution >= 0.6 is 15.9 Å². The molecule has 0 saturated carbocycles. The largest absolute Gasteiger partial charge is 0.493 e. The van der Waals surface area contributed by atoms with Crippen molar-refractivity contribution in [2.75, 3.05) is 40.0 Å². The lowest BCUT2D eigenvalue weighted by molar-refractivity contribution is -0.731. The first-order valence-electron chi connectivity index (χ1n) is 7.07. The van der Waals surface area contributed by atoms with Crippen LogP contribution in [0.3, 0.4) is 0 Å². The monoisotopic (exact) mass is 360 g/mol. The summed E-state index contributed by atoms with van der Waals surface area (Å²) in [7, 11) is 1.64. The number of ether oxygens (including phenoxy) is 2. The number of hydrogen-bond acceptors (Lipinski definition) is 3. The summed E-state index contributed by atoms with van der Waals surface area (Å²) in [6.45, 7) is 7.98. The smallest absolute Gasteiger partial charge is 0.175 e. The van der Waals surface area contributed by atoms with Gasteiger partial charge < -0.3 is 25.2 Å². The number of methoxy groups -OCH3 is 1. The van der Waals surface area contributed by atoms with E-state index in [1.807, 2.05) is 6.07 Å². The van der Waals surface area contributed by atoms with Crippen LogP contribution in [0.5, 0.6) is 11.5 Å². The molecule has 21 heavy (non-hydrogen) atoms.